The van der Waals surface area contributed by atoms with Gasteiger partial charge in [-0.1, -0.05) is 22.0 Å². The lowest BCUT2D eigenvalue weighted by Crippen LogP contribution is -2.16. The normalized spacial score (nSPS) is 10.6. The van der Waals surface area contributed by atoms with Gasteiger partial charge in [-0.15, -0.1) is 11.3 Å². The van der Waals surface area contributed by atoms with Crippen LogP contribution in [0.15, 0.2) is 40.2 Å². The van der Waals surface area contributed by atoms with Gasteiger partial charge in [0.05, 0.1) is 7.11 Å². The lowest BCUT2D eigenvalue weighted by atomic mass is 10.2. The Morgan fingerprint density at radius 3 is 2.94 bits per heavy atom. The minimum Gasteiger partial charge on any atom is -0.496 e. The lowest BCUT2D eigenvalue weighted by molar-refractivity contribution is 0.407. The summed E-state index contributed by atoms with van der Waals surface area (Å²) in [7, 11) is 1.71. The molecule has 0 amide bonds. The highest BCUT2D eigenvalue weighted by Crippen LogP contribution is 2.22. The van der Waals surface area contributed by atoms with Gasteiger partial charge in [-0.05, 0) is 36.1 Å². The van der Waals surface area contributed by atoms with Gasteiger partial charge in [0, 0.05) is 28.0 Å². The van der Waals surface area contributed by atoms with Crippen LogP contribution in [0, 0.1) is 0 Å². The van der Waals surface area contributed by atoms with E-state index in [0.29, 0.717) is 0 Å². The summed E-state index contributed by atoms with van der Waals surface area (Å²) in [5.74, 6) is 0.932. The van der Waals surface area contributed by atoms with E-state index in [-0.39, 0.29) is 0 Å². The highest BCUT2D eigenvalue weighted by molar-refractivity contribution is 9.10. The second-order valence-electron chi connectivity index (χ2n) is 3.96. The molecule has 1 N–H and O–H groups in total. The fourth-order valence-corrected chi connectivity index (χ4v) is 2.89. The first kappa shape index (κ1) is 13.6. The van der Waals surface area contributed by atoms with Crippen LogP contribution in [0.2, 0.25) is 0 Å². The number of ether oxygens (including phenoxy) is 1. The highest BCUT2D eigenvalue weighted by Gasteiger charge is 2.03. The van der Waals surface area contributed by atoms with Crippen LogP contribution in [0.3, 0.4) is 0 Å². The van der Waals surface area contributed by atoms with Gasteiger partial charge in [0.15, 0.2) is 0 Å². The van der Waals surface area contributed by atoms with E-state index in [1.54, 1.807) is 7.11 Å². The van der Waals surface area contributed by atoms with E-state index in [4.69, 9.17) is 4.74 Å². The molecule has 2 rings (SSSR count). The molecule has 18 heavy (non-hydrogen) atoms. The first-order valence-corrected chi connectivity index (χ1v) is 7.52. The molecule has 0 radical (unpaired) electrons. The molecular formula is C14H16BrNOS. The first-order chi connectivity index (χ1) is 8.79. The first-order valence-electron chi connectivity index (χ1n) is 5.85. The third kappa shape index (κ3) is 3.83. The monoisotopic (exact) mass is 325 g/mol. The molecule has 96 valence electrons. The van der Waals surface area contributed by atoms with Gasteiger partial charge in [0.2, 0.25) is 0 Å². The number of benzene rings is 1. The summed E-state index contributed by atoms with van der Waals surface area (Å²) in [4.78, 5) is 1.42. The fraction of sp³-hybridized carbons (Fsp3) is 0.286. The number of hydrogen-bond acceptors (Lipinski definition) is 3. The number of nitrogens with one attached hydrogen (secondary N) is 1. The van der Waals surface area contributed by atoms with Crippen LogP contribution in [0.1, 0.15) is 10.4 Å². The van der Waals surface area contributed by atoms with Gasteiger partial charge in [-0.2, -0.15) is 0 Å². The van der Waals surface area contributed by atoms with E-state index in [9.17, 15) is 0 Å². The summed E-state index contributed by atoms with van der Waals surface area (Å²) < 4.78 is 6.43. The van der Waals surface area contributed by atoms with Gasteiger partial charge in [-0.25, -0.2) is 0 Å². The summed E-state index contributed by atoms with van der Waals surface area (Å²) in [6, 6.07) is 10.3. The Kier molecular flexibility index (Phi) is 5.23. The minimum absolute atomic E-state index is 0.827. The maximum Gasteiger partial charge on any atom is 0.123 e. The number of methoxy groups -OCH3 is 1. The summed E-state index contributed by atoms with van der Waals surface area (Å²) >= 11 is 5.29. The maximum atomic E-state index is 5.34. The molecule has 0 bridgehead atoms. The van der Waals surface area contributed by atoms with Crippen LogP contribution in [0.25, 0.3) is 0 Å². The van der Waals surface area contributed by atoms with E-state index in [1.165, 1.54) is 10.4 Å². The zero-order valence-corrected chi connectivity index (χ0v) is 12.7. The Labute approximate surface area is 120 Å². The second kappa shape index (κ2) is 6.92. The number of thiophene rings is 1. The Balaban J connectivity index is 1.84. The van der Waals surface area contributed by atoms with E-state index in [1.807, 2.05) is 23.5 Å². The van der Waals surface area contributed by atoms with Crippen LogP contribution in [-0.2, 0) is 13.0 Å². The molecule has 2 aromatic rings. The fourth-order valence-electron chi connectivity index (χ4n) is 1.77. The number of hydrogen-bond donors (Lipinski definition) is 1. The van der Waals surface area contributed by atoms with Gasteiger partial charge in [0.1, 0.15) is 5.75 Å². The molecule has 0 aliphatic heterocycles. The molecule has 0 spiro atoms. The zero-order valence-electron chi connectivity index (χ0n) is 10.3. The van der Waals surface area contributed by atoms with Gasteiger partial charge >= 0.3 is 0 Å². The van der Waals surface area contributed by atoms with Gasteiger partial charge < -0.3 is 10.1 Å². The van der Waals surface area contributed by atoms with Crippen LogP contribution in [0.5, 0.6) is 5.75 Å². The molecule has 0 aliphatic carbocycles. The molecular weight excluding hydrogens is 310 g/mol. The van der Waals surface area contributed by atoms with Crippen molar-refractivity contribution in [1.82, 2.24) is 5.32 Å². The van der Waals surface area contributed by atoms with Crippen molar-refractivity contribution in [2.75, 3.05) is 13.7 Å². The Morgan fingerprint density at radius 1 is 1.33 bits per heavy atom. The summed E-state index contributed by atoms with van der Waals surface area (Å²) in [5, 5.41) is 5.57. The molecule has 0 fully saturated rings. The van der Waals surface area contributed by atoms with Crippen molar-refractivity contribution < 1.29 is 4.74 Å². The smallest absolute Gasteiger partial charge is 0.123 e. The number of rotatable bonds is 6. The molecule has 4 heteroatoms. The van der Waals surface area contributed by atoms with Crippen LogP contribution >= 0.6 is 27.3 Å². The van der Waals surface area contributed by atoms with Gasteiger partial charge in [-0.3, -0.25) is 0 Å². The SMILES string of the molecule is COc1ccc(Br)cc1CNCCc1cccs1. The van der Waals surface area contributed by atoms with Crippen molar-refractivity contribution in [3.05, 3.63) is 50.6 Å². The summed E-state index contributed by atoms with van der Waals surface area (Å²) in [6.45, 7) is 1.81. The summed E-state index contributed by atoms with van der Waals surface area (Å²) in [6.07, 6.45) is 1.08. The Morgan fingerprint density at radius 2 is 2.22 bits per heavy atom. The largest absolute Gasteiger partial charge is 0.496 e. The van der Waals surface area contributed by atoms with Crippen LogP contribution < -0.4 is 10.1 Å². The van der Waals surface area contributed by atoms with Crippen LogP contribution in [0.4, 0.5) is 0 Å². The average Bonchev–Trinajstić information content (AvgIpc) is 2.88. The molecule has 0 atom stereocenters. The standard InChI is InChI=1S/C14H16BrNOS/c1-17-14-5-4-12(15)9-11(14)10-16-7-6-13-3-2-8-18-13/h2-5,8-9,16H,6-7,10H2,1H3. The van der Waals surface area contributed by atoms with E-state index < -0.39 is 0 Å². The Hall–Kier alpha value is -0.840. The lowest BCUT2D eigenvalue weighted by Gasteiger charge is -2.10. The quantitative estimate of drug-likeness (QED) is 0.814. The van der Waals surface area contributed by atoms with Crippen molar-refractivity contribution in [2.45, 2.75) is 13.0 Å². The predicted octanol–water partition coefficient (Wildman–Crippen LogP) is 3.85. The topological polar surface area (TPSA) is 21.3 Å². The molecule has 1 aromatic heterocycles. The minimum atomic E-state index is 0.827. The third-order valence-electron chi connectivity index (χ3n) is 2.69. The van der Waals surface area contributed by atoms with Gasteiger partial charge in [0.25, 0.3) is 0 Å². The molecule has 0 saturated heterocycles. The molecule has 0 unspecified atom stereocenters. The molecule has 0 aliphatic rings. The van der Waals surface area contributed by atoms with Crippen molar-refractivity contribution in [3.63, 3.8) is 0 Å². The highest BCUT2D eigenvalue weighted by atomic mass is 79.9. The summed E-state index contributed by atoms with van der Waals surface area (Å²) in [5.41, 5.74) is 1.18. The second-order valence-corrected chi connectivity index (χ2v) is 5.91. The molecule has 1 heterocycles. The van der Waals surface area contributed by atoms with Crippen molar-refractivity contribution in [2.24, 2.45) is 0 Å². The maximum absolute atomic E-state index is 5.34. The van der Waals surface area contributed by atoms with Crippen molar-refractivity contribution >= 4 is 27.3 Å². The van der Waals surface area contributed by atoms with Crippen molar-refractivity contribution in [3.8, 4) is 5.75 Å². The van der Waals surface area contributed by atoms with E-state index >= 15 is 0 Å². The van der Waals surface area contributed by atoms with Crippen LogP contribution in [-0.4, -0.2) is 13.7 Å². The van der Waals surface area contributed by atoms with Crippen molar-refractivity contribution in [1.29, 1.82) is 0 Å². The average molecular weight is 326 g/mol. The zero-order chi connectivity index (χ0) is 12.8. The number of halogens is 1. The predicted molar refractivity (Wildman–Crippen MR) is 80.4 cm³/mol. The molecule has 1 aromatic carbocycles. The molecule has 2 nitrogen and oxygen atoms in total. The third-order valence-corrected chi connectivity index (χ3v) is 4.12. The van der Waals surface area contributed by atoms with E-state index in [2.05, 4.69) is 44.8 Å². The Bertz CT molecular complexity index is 485. The van der Waals surface area contributed by atoms with E-state index in [0.717, 1.165) is 29.7 Å². The molecule has 0 saturated carbocycles.